The Morgan fingerprint density at radius 1 is 1.58 bits per heavy atom. The van der Waals surface area contributed by atoms with Crippen molar-refractivity contribution in [2.45, 2.75) is 18.4 Å². The number of ether oxygens (including phenoxy) is 1. The maximum Gasteiger partial charge on any atom is 0.262 e. The van der Waals surface area contributed by atoms with E-state index in [-0.39, 0.29) is 0 Å². The average molecular weight is 335 g/mol. The van der Waals surface area contributed by atoms with E-state index in [0.29, 0.717) is 15.9 Å². The molecule has 4 nitrogen and oxygen atoms in total. The third-order valence-corrected chi connectivity index (χ3v) is 3.47. The lowest BCUT2D eigenvalue weighted by atomic mass is 10.2. The lowest BCUT2D eigenvalue weighted by Gasteiger charge is -2.12. The number of carbonyl (C=O) groups is 1. The van der Waals surface area contributed by atoms with Crippen molar-refractivity contribution in [2.75, 3.05) is 19.0 Å². The molecule has 1 aromatic rings. The van der Waals surface area contributed by atoms with Gasteiger partial charge in [-0.05, 0) is 34.1 Å². The lowest BCUT2D eigenvalue weighted by Crippen LogP contribution is -2.35. The zero-order valence-electron chi connectivity index (χ0n) is 10.2. The van der Waals surface area contributed by atoms with Crippen LogP contribution < -0.4 is 15.4 Å². The Hall–Kier alpha value is -1.21. The summed E-state index contributed by atoms with van der Waals surface area (Å²) in [5.41, 5.74) is 0.523. The minimum atomic E-state index is -2.82. The number of hydrogen-bond donors (Lipinski definition) is 2. The molecule has 0 aliphatic carbocycles. The summed E-state index contributed by atoms with van der Waals surface area (Å²) in [7, 11) is 1.53. The summed E-state index contributed by atoms with van der Waals surface area (Å²) in [6.45, 7) is -0.461. The Morgan fingerprint density at radius 3 is 2.84 bits per heavy atom. The highest BCUT2D eigenvalue weighted by Crippen LogP contribution is 2.29. The van der Waals surface area contributed by atoms with Crippen molar-refractivity contribution in [3.05, 3.63) is 22.7 Å². The number of halogens is 3. The molecule has 1 unspecified atom stereocenters. The molecule has 1 aliphatic rings. The van der Waals surface area contributed by atoms with E-state index in [1.807, 2.05) is 0 Å². The normalized spacial score (nSPS) is 21.2. The van der Waals surface area contributed by atoms with Gasteiger partial charge in [0.15, 0.2) is 0 Å². The number of nitrogens with one attached hydrogen (secondary N) is 2. The molecule has 1 aromatic carbocycles. The van der Waals surface area contributed by atoms with Gasteiger partial charge in [-0.15, -0.1) is 0 Å². The van der Waals surface area contributed by atoms with Gasteiger partial charge in [0.05, 0.1) is 24.2 Å². The number of hydrogen-bond acceptors (Lipinski definition) is 3. The molecule has 1 aliphatic heterocycles. The molecule has 2 rings (SSSR count). The van der Waals surface area contributed by atoms with Crippen LogP contribution in [-0.4, -0.2) is 31.5 Å². The lowest BCUT2D eigenvalue weighted by molar-refractivity contribution is -0.118. The quantitative estimate of drug-likeness (QED) is 0.892. The molecular formula is C12H13BrF2N2O2. The molecule has 0 aromatic heterocycles. The minimum Gasteiger partial charge on any atom is -0.496 e. The monoisotopic (exact) mass is 334 g/mol. The van der Waals surface area contributed by atoms with E-state index >= 15 is 0 Å². The molecule has 104 valence electrons. The van der Waals surface area contributed by atoms with Crippen LogP contribution in [0.5, 0.6) is 5.75 Å². The molecular weight excluding hydrogens is 322 g/mol. The Labute approximate surface area is 117 Å². The van der Waals surface area contributed by atoms with Gasteiger partial charge in [-0.1, -0.05) is 0 Å². The molecule has 0 saturated carbocycles. The molecule has 1 amide bonds. The minimum absolute atomic E-state index is 0.461. The second-order valence-corrected chi connectivity index (χ2v) is 5.19. The number of benzene rings is 1. The van der Waals surface area contributed by atoms with Gasteiger partial charge in [-0.2, -0.15) is 0 Å². The first-order valence-electron chi connectivity index (χ1n) is 5.67. The highest BCUT2D eigenvalue weighted by Gasteiger charge is 2.42. The van der Waals surface area contributed by atoms with E-state index in [4.69, 9.17) is 4.74 Å². The van der Waals surface area contributed by atoms with Crippen LogP contribution in [0.25, 0.3) is 0 Å². The second kappa shape index (κ2) is 5.42. The van der Waals surface area contributed by atoms with Crippen LogP contribution >= 0.6 is 15.9 Å². The van der Waals surface area contributed by atoms with Gasteiger partial charge in [0.25, 0.3) is 5.92 Å². The van der Waals surface area contributed by atoms with Crippen molar-refractivity contribution >= 4 is 27.5 Å². The fourth-order valence-corrected chi connectivity index (χ4v) is 2.42. The first kappa shape index (κ1) is 14.2. The smallest absolute Gasteiger partial charge is 0.262 e. The highest BCUT2D eigenvalue weighted by molar-refractivity contribution is 9.10. The number of rotatable bonds is 3. The molecule has 0 radical (unpaired) electrons. The third kappa shape index (κ3) is 3.42. The largest absolute Gasteiger partial charge is 0.496 e. The van der Waals surface area contributed by atoms with E-state index in [1.165, 1.54) is 7.11 Å². The van der Waals surface area contributed by atoms with Crippen molar-refractivity contribution in [1.29, 1.82) is 0 Å². The van der Waals surface area contributed by atoms with E-state index in [1.54, 1.807) is 18.2 Å². The van der Waals surface area contributed by atoms with Crippen molar-refractivity contribution in [3.8, 4) is 5.75 Å². The van der Waals surface area contributed by atoms with Gasteiger partial charge in [0.2, 0.25) is 5.91 Å². The van der Waals surface area contributed by atoms with Gasteiger partial charge >= 0.3 is 0 Å². The Bertz CT molecular complexity index is 497. The summed E-state index contributed by atoms with van der Waals surface area (Å²) in [5, 5.41) is 5.10. The number of alkyl halides is 2. The number of carbonyl (C=O) groups excluding carboxylic acids is 1. The van der Waals surface area contributed by atoms with Crippen molar-refractivity contribution in [2.24, 2.45) is 0 Å². The van der Waals surface area contributed by atoms with Crippen LogP contribution in [0, 0.1) is 0 Å². The van der Waals surface area contributed by atoms with Crippen LogP contribution in [0.4, 0.5) is 14.5 Å². The molecule has 0 spiro atoms. The van der Waals surface area contributed by atoms with Crippen LogP contribution in [0.1, 0.15) is 6.42 Å². The van der Waals surface area contributed by atoms with Crippen molar-refractivity contribution in [1.82, 2.24) is 5.32 Å². The summed E-state index contributed by atoms with van der Waals surface area (Å²) >= 11 is 3.29. The highest BCUT2D eigenvalue weighted by atomic mass is 79.9. The van der Waals surface area contributed by atoms with E-state index in [9.17, 15) is 13.6 Å². The zero-order chi connectivity index (χ0) is 14.0. The predicted molar refractivity (Wildman–Crippen MR) is 70.7 cm³/mol. The first-order chi connectivity index (χ1) is 8.91. The number of methoxy groups -OCH3 is 1. The van der Waals surface area contributed by atoms with E-state index in [2.05, 4.69) is 26.6 Å². The topological polar surface area (TPSA) is 50.4 Å². The maximum atomic E-state index is 13.0. The van der Waals surface area contributed by atoms with Gasteiger partial charge in [0.1, 0.15) is 5.75 Å². The fourth-order valence-electron chi connectivity index (χ4n) is 1.87. The summed E-state index contributed by atoms with van der Waals surface area (Å²) in [4.78, 5) is 11.8. The van der Waals surface area contributed by atoms with Crippen molar-refractivity contribution in [3.63, 3.8) is 0 Å². The van der Waals surface area contributed by atoms with E-state index in [0.717, 1.165) is 0 Å². The molecule has 2 N–H and O–H groups in total. The third-order valence-electron chi connectivity index (χ3n) is 2.85. The molecule has 19 heavy (non-hydrogen) atoms. The predicted octanol–water partition coefficient (Wildman–Crippen LogP) is 2.39. The standard InChI is InChI=1S/C12H13BrF2N2O2/c1-19-10-3-2-7(4-8(10)13)17-11(18)9-5-12(14,15)6-16-9/h2-4,9,16H,5-6H2,1H3,(H,17,18). The summed E-state index contributed by atoms with van der Waals surface area (Å²) < 4.78 is 31.7. The van der Waals surface area contributed by atoms with Crippen LogP contribution in [0.15, 0.2) is 22.7 Å². The second-order valence-electron chi connectivity index (χ2n) is 4.33. The van der Waals surface area contributed by atoms with Gasteiger partial charge < -0.3 is 10.1 Å². The molecule has 1 fully saturated rings. The summed E-state index contributed by atoms with van der Waals surface area (Å²) in [6, 6.07) is 4.12. The Morgan fingerprint density at radius 2 is 2.32 bits per heavy atom. The molecule has 1 heterocycles. The SMILES string of the molecule is COc1ccc(NC(=O)C2CC(F)(F)CN2)cc1Br. The average Bonchev–Trinajstić information content (AvgIpc) is 2.70. The first-order valence-corrected chi connectivity index (χ1v) is 6.46. The molecule has 7 heteroatoms. The number of anilines is 1. The van der Waals surface area contributed by atoms with Crippen molar-refractivity contribution < 1.29 is 18.3 Å². The van der Waals surface area contributed by atoms with Crippen LogP contribution in [0.3, 0.4) is 0 Å². The molecule has 1 atom stereocenters. The van der Waals surface area contributed by atoms with E-state index < -0.39 is 30.8 Å². The molecule has 0 bridgehead atoms. The van der Waals surface area contributed by atoms with Gasteiger partial charge in [-0.25, -0.2) is 8.78 Å². The Kier molecular flexibility index (Phi) is 4.05. The zero-order valence-corrected chi connectivity index (χ0v) is 11.8. The Balaban J connectivity index is 2.01. The summed E-state index contributed by atoms with van der Waals surface area (Å²) in [5.74, 6) is -2.65. The summed E-state index contributed by atoms with van der Waals surface area (Å²) in [6.07, 6.45) is -0.476. The van der Waals surface area contributed by atoms with Crippen LogP contribution in [-0.2, 0) is 4.79 Å². The van der Waals surface area contributed by atoms with Gasteiger partial charge in [0, 0.05) is 12.1 Å². The van der Waals surface area contributed by atoms with Gasteiger partial charge in [-0.3, -0.25) is 10.1 Å². The van der Waals surface area contributed by atoms with Crippen LogP contribution in [0.2, 0.25) is 0 Å². The maximum absolute atomic E-state index is 13.0. The number of amides is 1. The fraction of sp³-hybridized carbons (Fsp3) is 0.417. The molecule has 1 saturated heterocycles.